The quantitative estimate of drug-likeness (QED) is 0.617. The van der Waals surface area contributed by atoms with Crippen LogP contribution in [-0.2, 0) is 6.18 Å². The van der Waals surface area contributed by atoms with E-state index in [1.165, 1.54) is 24.3 Å². The van der Waals surface area contributed by atoms with Gasteiger partial charge in [0.1, 0.15) is 5.75 Å². The number of rotatable bonds is 5. The molecule has 5 nitrogen and oxygen atoms in total. The number of nitrogens with zero attached hydrogens (tertiary/aromatic N) is 1. The van der Waals surface area contributed by atoms with Crippen LogP contribution in [0.5, 0.6) is 5.75 Å². The Labute approximate surface area is 154 Å². The van der Waals surface area contributed by atoms with Gasteiger partial charge in [-0.15, -0.1) is 0 Å². The van der Waals surface area contributed by atoms with Crippen LogP contribution in [0, 0.1) is 16.0 Å². The zero-order chi connectivity index (χ0) is 19.4. The van der Waals surface area contributed by atoms with E-state index in [1.807, 2.05) is 0 Å². The lowest BCUT2D eigenvalue weighted by Crippen LogP contribution is -2.38. The molecule has 0 aliphatic carbocycles. The zero-order valence-corrected chi connectivity index (χ0v) is 14.4. The maximum atomic E-state index is 12.8. The van der Waals surface area contributed by atoms with Crippen LogP contribution in [0.25, 0.3) is 0 Å². The van der Waals surface area contributed by atoms with Crippen LogP contribution in [0.15, 0.2) is 48.5 Å². The van der Waals surface area contributed by atoms with Crippen molar-refractivity contribution in [1.82, 2.24) is 5.32 Å². The van der Waals surface area contributed by atoms with Gasteiger partial charge < -0.3 is 10.1 Å². The fourth-order valence-corrected chi connectivity index (χ4v) is 3.35. The highest BCUT2D eigenvalue weighted by Crippen LogP contribution is 2.34. The molecule has 0 bridgehead atoms. The Bertz CT molecular complexity index is 794. The smallest absolute Gasteiger partial charge is 0.416 e. The summed E-state index contributed by atoms with van der Waals surface area (Å²) in [7, 11) is 0. The van der Waals surface area contributed by atoms with E-state index in [0.29, 0.717) is 6.54 Å². The summed E-state index contributed by atoms with van der Waals surface area (Å²) >= 11 is 0. The maximum absolute atomic E-state index is 12.8. The third kappa shape index (κ3) is 4.77. The lowest BCUT2D eigenvalue weighted by Gasteiger charge is -2.32. The van der Waals surface area contributed by atoms with Gasteiger partial charge in [-0.2, -0.15) is 13.2 Å². The molecular formula is C19H19F3N2O3. The lowest BCUT2D eigenvalue weighted by molar-refractivity contribution is -0.384. The third-order valence-electron chi connectivity index (χ3n) is 4.77. The highest BCUT2D eigenvalue weighted by Gasteiger charge is 2.31. The van der Waals surface area contributed by atoms with Gasteiger partial charge >= 0.3 is 6.18 Å². The van der Waals surface area contributed by atoms with Gasteiger partial charge in [-0.25, -0.2) is 0 Å². The van der Waals surface area contributed by atoms with Crippen molar-refractivity contribution in [3.8, 4) is 5.75 Å². The first kappa shape index (κ1) is 19.2. The van der Waals surface area contributed by atoms with Crippen LogP contribution in [0.3, 0.4) is 0 Å². The van der Waals surface area contributed by atoms with Crippen molar-refractivity contribution in [3.63, 3.8) is 0 Å². The first-order chi connectivity index (χ1) is 12.8. The number of ether oxygens (including phenoxy) is 1. The summed E-state index contributed by atoms with van der Waals surface area (Å²) in [6, 6.07) is 11.3. The number of alkyl halides is 3. The van der Waals surface area contributed by atoms with Crippen LogP contribution in [0.4, 0.5) is 18.9 Å². The van der Waals surface area contributed by atoms with Crippen molar-refractivity contribution in [1.29, 1.82) is 0 Å². The minimum Gasteiger partial charge on any atom is -0.493 e. The molecule has 1 heterocycles. The molecule has 27 heavy (non-hydrogen) atoms. The standard InChI is InChI=1S/C19H19F3N2O3/c20-19(21,22)15-2-1-3-17(10-15)27-12-14-11-23-9-8-18(14)13-4-6-16(7-5-13)24(25)26/h1-7,10,14,18,23H,8-9,11-12H2/t14-,18-/m0/s1. The second-order valence-electron chi connectivity index (χ2n) is 6.54. The van der Waals surface area contributed by atoms with Crippen LogP contribution in [-0.4, -0.2) is 24.6 Å². The van der Waals surface area contributed by atoms with Gasteiger partial charge in [-0.05, 0) is 42.6 Å². The molecule has 0 amide bonds. The van der Waals surface area contributed by atoms with E-state index in [0.717, 1.165) is 30.7 Å². The number of hydrogen-bond donors (Lipinski definition) is 1. The molecule has 0 radical (unpaired) electrons. The second kappa shape index (κ2) is 7.96. The summed E-state index contributed by atoms with van der Waals surface area (Å²) < 4.78 is 44.1. The van der Waals surface area contributed by atoms with Gasteiger partial charge in [0.05, 0.1) is 17.1 Å². The van der Waals surface area contributed by atoms with Gasteiger partial charge in [0.2, 0.25) is 0 Å². The first-order valence-electron chi connectivity index (χ1n) is 8.60. The average molecular weight is 380 g/mol. The largest absolute Gasteiger partial charge is 0.493 e. The number of benzene rings is 2. The van der Waals surface area contributed by atoms with Crippen molar-refractivity contribution >= 4 is 5.69 Å². The van der Waals surface area contributed by atoms with Gasteiger partial charge in [-0.3, -0.25) is 10.1 Å². The van der Waals surface area contributed by atoms with E-state index in [2.05, 4.69) is 5.32 Å². The Hall–Kier alpha value is -2.61. The van der Waals surface area contributed by atoms with E-state index in [-0.39, 0.29) is 29.9 Å². The summed E-state index contributed by atoms with van der Waals surface area (Å²) in [5.74, 6) is 0.352. The molecule has 2 atom stereocenters. The first-order valence-corrected chi connectivity index (χ1v) is 8.60. The Kier molecular flexibility index (Phi) is 5.65. The Morgan fingerprint density at radius 2 is 1.93 bits per heavy atom. The number of non-ortho nitro benzene ring substituents is 1. The number of hydrogen-bond acceptors (Lipinski definition) is 4. The molecule has 0 unspecified atom stereocenters. The highest BCUT2D eigenvalue weighted by molar-refractivity contribution is 5.35. The molecule has 0 spiro atoms. The fraction of sp³-hybridized carbons (Fsp3) is 0.368. The molecule has 1 N–H and O–H groups in total. The number of piperidine rings is 1. The molecule has 0 aromatic heterocycles. The minimum absolute atomic E-state index is 0.0319. The summed E-state index contributed by atoms with van der Waals surface area (Å²) in [5, 5.41) is 14.1. The summed E-state index contributed by atoms with van der Waals surface area (Å²) in [5.41, 5.74) is 0.262. The molecular weight excluding hydrogens is 361 g/mol. The second-order valence-corrected chi connectivity index (χ2v) is 6.54. The van der Waals surface area contributed by atoms with Crippen molar-refractivity contribution in [2.75, 3.05) is 19.7 Å². The Morgan fingerprint density at radius 1 is 1.19 bits per heavy atom. The molecule has 144 valence electrons. The number of nitro groups is 1. The number of nitro benzene ring substituents is 1. The van der Waals surface area contributed by atoms with E-state index < -0.39 is 16.7 Å². The zero-order valence-electron chi connectivity index (χ0n) is 14.4. The van der Waals surface area contributed by atoms with E-state index in [1.54, 1.807) is 12.1 Å². The van der Waals surface area contributed by atoms with E-state index >= 15 is 0 Å². The monoisotopic (exact) mass is 380 g/mol. The van der Waals surface area contributed by atoms with Gasteiger partial charge in [0, 0.05) is 24.6 Å². The molecule has 3 rings (SSSR count). The normalized spacial score (nSPS) is 20.3. The lowest BCUT2D eigenvalue weighted by atomic mass is 9.81. The Balaban J connectivity index is 1.70. The van der Waals surface area contributed by atoms with Gasteiger partial charge in [0.25, 0.3) is 5.69 Å². The van der Waals surface area contributed by atoms with E-state index in [4.69, 9.17) is 4.74 Å². The minimum atomic E-state index is -4.41. The van der Waals surface area contributed by atoms with Crippen molar-refractivity contribution < 1.29 is 22.8 Å². The van der Waals surface area contributed by atoms with Gasteiger partial charge in [0.15, 0.2) is 0 Å². The predicted molar refractivity (Wildman–Crippen MR) is 93.8 cm³/mol. The molecule has 1 saturated heterocycles. The summed E-state index contributed by atoms with van der Waals surface area (Å²) in [4.78, 5) is 10.4. The Morgan fingerprint density at radius 3 is 2.59 bits per heavy atom. The van der Waals surface area contributed by atoms with Crippen molar-refractivity contribution in [2.24, 2.45) is 5.92 Å². The summed E-state index contributed by atoms with van der Waals surface area (Å²) in [6.45, 7) is 1.73. The number of halogens is 3. The number of nitrogens with one attached hydrogen (secondary N) is 1. The molecule has 8 heteroatoms. The van der Waals surface area contributed by atoms with Crippen LogP contribution in [0.2, 0.25) is 0 Å². The van der Waals surface area contributed by atoms with Crippen LogP contribution < -0.4 is 10.1 Å². The van der Waals surface area contributed by atoms with Gasteiger partial charge in [-0.1, -0.05) is 18.2 Å². The molecule has 2 aromatic rings. The molecule has 1 aliphatic heterocycles. The topological polar surface area (TPSA) is 64.4 Å². The summed E-state index contributed by atoms with van der Waals surface area (Å²) in [6.07, 6.45) is -3.58. The van der Waals surface area contributed by atoms with Crippen LogP contribution in [0.1, 0.15) is 23.5 Å². The highest BCUT2D eigenvalue weighted by atomic mass is 19.4. The van der Waals surface area contributed by atoms with Crippen molar-refractivity contribution in [2.45, 2.75) is 18.5 Å². The van der Waals surface area contributed by atoms with Crippen molar-refractivity contribution in [3.05, 3.63) is 69.8 Å². The van der Waals surface area contributed by atoms with E-state index in [9.17, 15) is 23.3 Å². The third-order valence-corrected chi connectivity index (χ3v) is 4.77. The molecule has 1 fully saturated rings. The molecule has 2 aromatic carbocycles. The molecule has 0 saturated carbocycles. The predicted octanol–water partition coefficient (Wildman–Crippen LogP) is 4.39. The average Bonchev–Trinajstić information content (AvgIpc) is 2.66. The van der Waals surface area contributed by atoms with Crippen LogP contribution >= 0.6 is 0 Å². The maximum Gasteiger partial charge on any atom is 0.416 e. The fourth-order valence-electron chi connectivity index (χ4n) is 3.35. The molecule has 1 aliphatic rings. The SMILES string of the molecule is O=[N+]([O-])c1ccc([C@@H]2CCNC[C@H]2COc2cccc(C(F)(F)F)c2)cc1.